The number of hydrogen-bond donors (Lipinski definition) is 2. The van der Waals surface area contributed by atoms with E-state index in [-0.39, 0.29) is 30.1 Å². The molecule has 0 saturated carbocycles. The fourth-order valence-electron chi connectivity index (χ4n) is 6.36. The van der Waals surface area contributed by atoms with Gasteiger partial charge < -0.3 is 10.5 Å². The highest BCUT2D eigenvalue weighted by Crippen LogP contribution is 2.36. The number of nitrogens with two attached hydrogens (primary N) is 1. The van der Waals surface area contributed by atoms with Crippen LogP contribution in [0, 0.1) is 5.82 Å². The third-order valence-corrected chi connectivity index (χ3v) is 8.68. The van der Waals surface area contributed by atoms with Crippen LogP contribution in [-0.2, 0) is 16.1 Å². The summed E-state index contributed by atoms with van der Waals surface area (Å²) in [6, 6.07) is 22.2. The Morgan fingerprint density at radius 2 is 1.67 bits per heavy atom. The van der Waals surface area contributed by atoms with Crippen molar-refractivity contribution in [2.24, 2.45) is 0 Å². The molecule has 0 spiro atoms. The highest BCUT2D eigenvalue weighted by atomic mass is 19.1. The zero-order chi connectivity index (χ0) is 30.9. The van der Waals surface area contributed by atoms with E-state index in [1.807, 2.05) is 59.3 Å². The number of fused-ring (bicyclic) bond motifs is 1. The van der Waals surface area contributed by atoms with Crippen LogP contribution in [0.1, 0.15) is 48.8 Å². The van der Waals surface area contributed by atoms with E-state index in [9.17, 15) is 9.59 Å². The smallest absolute Gasteiger partial charge is 0.234 e. The number of nitrogens with one attached hydrogen (secondary N) is 1. The van der Waals surface area contributed by atoms with Gasteiger partial charge >= 0.3 is 0 Å². The number of carbonyl (C=O) groups is 2. The number of hydrogen-bond acceptors (Lipinski definition) is 8. The molecule has 2 amide bonds. The number of nitrogen functional groups attached to an aromatic ring is 1. The lowest BCUT2D eigenvalue weighted by atomic mass is 9.87. The standard InChI is InChI=1S/C34H32FN7O3/c35-28-8-4-7-25(26-13-14-29(43)39-34(26)44)27(28)19-41-17-15-22(16-18-41)42-33-30(32(36)37-20-38-33)31(40-42)21-9-11-24(12-10-21)45-23-5-2-1-3-6-23/h1-12,20,22,26H,13-19H2,(H2,36,37,38)(H,39,43,44). The van der Waals surface area contributed by atoms with Crippen LogP contribution in [0.2, 0.25) is 0 Å². The van der Waals surface area contributed by atoms with Gasteiger partial charge in [-0.3, -0.25) is 19.8 Å². The average molecular weight is 606 g/mol. The second-order valence-electron chi connectivity index (χ2n) is 11.5. The number of rotatable bonds is 7. The molecule has 2 fully saturated rings. The van der Waals surface area contributed by atoms with Crippen molar-refractivity contribution < 1.29 is 18.7 Å². The molecule has 228 valence electrons. The van der Waals surface area contributed by atoms with Crippen molar-refractivity contribution in [1.29, 1.82) is 0 Å². The molecular formula is C34H32FN7O3. The molecule has 4 heterocycles. The summed E-state index contributed by atoms with van der Waals surface area (Å²) in [6.45, 7) is 1.79. The minimum absolute atomic E-state index is 0.0581. The summed E-state index contributed by atoms with van der Waals surface area (Å²) in [5, 5.41) is 8.12. The van der Waals surface area contributed by atoms with Gasteiger partial charge in [0.2, 0.25) is 11.8 Å². The molecule has 3 aromatic carbocycles. The van der Waals surface area contributed by atoms with E-state index >= 15 is 4.39 Å². The summed E-state index contributed by atoms with van der Waals surface area (Å²) in [5.74, 6) is 0.304. The number of imide groups is 1. The van der Waals surface area contributed by atoms with Crippen LogP contribution >= 0.6 is 0 Å². The second kappa shape index (κ2) is 12.1. The minimum Gasteiger partial charge on any atom is -0.457 e. The van der Waals surface area contributed by atoms with Crippen LogP contribution in [0.5, 0.6) is 11.5 Å². The van der Waals surface area contributed by atoms with Crippen LogP contribution in [0.4, 0.5) is 10.2 Å². The first-order chi connectivity index (χ1) is 21.9. The Hall–Kier alpha value is -5.16. The topological polar surface area (TPSA) is 128 Å². The summed E-state index contributed by atoms with van der Waals surface area (Å²) >= 11 is 0. The van der Waals surface area contributed by atoms with Crippen molar-refractivity contribution in [3.05, 3.63) is 96.1 Å². The molecule has 1 atom stereocenters. The maximum absolute atomic E-state index is 15.1. The number of nitrogens with zero attached hydrogens (tertiary/aromatic N) is 5. The molecule has 0 radical (unpaired) electrons. The maximum Gasteiger partial charge on any atom is 0.234 e. The Morgan fingerprint density at radius 1 is 0.911 bits per heavy atom. The number of aromatic nitrogens is 4. The van der Waals surface area contributed by atoms with Gasteiger partial charge in [-0.15, -0.1) is 0 Å². The van der Waals surface area contributed by atoms with Crippen LogP contribution in [0.3, 0.4) is 0 Å². The van der Waals surface area contributed by atoms with Crippen LogP contribution in [0.25, 0.3) is 22.3 Å². The van der Waals surface area contributed by atoms with E-state index in [2.05, 4.69) is 20.2 Å². The van der Waals surface area contributed by atoms with Gasteiger partial charge in [0.15, 0.2) is 5.65 Å². The molecule has 10 nitrogen and oxygen atoms in total. The van der Waals surface area contributed by atoms with Crippen molar-refractivity contribution in [2.45, 2.75) is 44.2 Å². The van der Waals surface area contributed by atoms with Crippen LogP contribution < -0.4 is 15.8 Å². The predicted molar refractivity (Wildman–Crippen MR) is 167 cm³/mol. The first-order valence-corrected chi connectivity index (χ1v) is 15.1. The number of piperidine rings is 2. The molecular weight excluding hydrogens is 573 g/mol. The number of halogens is 1. The normalized spacial score (nSPS) is 17.8. The Kier molecular flexibility index (Phi) is 7.68. The number of amides is 2. The molecule has 11 heteroatoms. The van der Waals surface area contributed by atoms with Crippen LogP contribution in [-0.4, -0.2) is 49.6 Å². The third kappa shape index (κ3) is 5.74. The zero-order valence-corrected chi connectivity index (χ0v) is 24.5. The van der Waals surface area contributed by atoms with E-state index in [0.29, 0.717) is 65.5 Å². The highest BCUT2D eigenvalue weighted by Gasteiger charge is 2.32. The summed E-state index contributed by atoms with van der Waals surface area (Å²) in [4.78, 5) is 35.3. The number of anilines is 1. The van der Waals surface area contributed by atoms with Gasteiger partial charge in [-0.1, -0.05) is 30.3 Å². The van der Waals surface area contributed by atoms with Crippen LogP contribution in [0.15, 0.2) is 79.1 Å². The van der Waals surface area contributed by atoms with Crippen molar-refractivity contribution >= 4 is 28.7 Å². The predicted octanol–water partition coefficient (Wildman–Crippen LogP) is 5.36. The van der Waals surface area contributed by atoms with Gasteiger partial charge in [0, 0.05) is 37.2 Å². The minimum atomic E-state index is -0.538. The van der Waals surface area contributed by atoms with Crippen molar-refractivity contribution in [3.63, 3.8) is 0 Å². The molecule has 7 rings (SSSR count). The molecule has 1 unspecified atom stereocenters. The first-order valence-electron chi connectivity index (χ1n) is 15.1. The Labute approximate surface area is 259 Å². The SMILES string of the molecule is Nc1ncnc2c1c(-c1ccc(Oc3ccccc3)cc1)nn2C1CCN(Cc2c(F)cccc2C2CCC(=O)NC2=O)CC1. The lowest BCUT2D eigenvalue weighted by molar-refractivity contribution is -0.134. The van der Waals surface area contributed by atoms with Gasteiger partial charge in [-0.05, 0) is 67.3 Å². The molecule has 2 aliphatic heterocycles. The summed E-state index contributed by atoms with van der Waals surface area (Å²) in [6.07, 6.45) is 3.63. The Bertz CT molecular complexity index is 1870. The van der Waals surface area contributed by atoms with Gasteiger partial charge in [0.1, 0.15) is 35.2 Å². The monoisotopic (exact) mass is 605 g/mol. The largest absolute Gasteiger partial charge is 0.457 e. The molecule has 2 saturated heterocycles. The number of likely N-dealkylation sites (tertiary alicyclic amines) is 1. The molecule has 2 aromatic heterocycles. The summed E-state index contributed by atoms with van der Waals surface area (Å²) in [7, 11) is 0. The van der Waals surface area contributed by atoms with E-state index in [1.165, 1.54) is 12.4 Å². The van der Waals surface area contributed by atoms with Gasteiger partial charge in [-0.2, -0.15) is 5.10 Å². The fourth-order valence-corrected chi connectivity index (χ4v) is 6.36. The number of benzene rings is 3. The van der Waals surface area contributed by atoms with Crippen molar-refractivity contribution in [1.82, 2.24) is 30.0 Å². The van der Waals surface area contributed by atoms with Gasteiger partial charge in [0.25, 0.3) is 0 Å². The van der Waals surface area contributed by atoms with Crippen molar-refractivity contribution in [3.8, 4) is 22.8 Å². The lowest BCUT2D eigenvalue weighted by Gasteiger charge is -2.33. The first kappa shape index (κ1) is 28.6. The highest BCUT2D eigenvalue weighted by molar-refractivity contribution is 6.01. The number of carbonyl (C=O) groups excluding carboxylic acids is 2. The zero-order valence-electron chi connectivity index (χ0n) is 24.5. The molecule has 45 heavy (non-hydrogen) atoms. The van der Waals surface area contributed by atoms with E-state index in [4.69, 9.17) is 15.6 Å². The van der Waals surface area contributed by atoms with Crippen molar-refractivity contribution in [2.75, 3.05) is 18.8 Å². The van der Waals surface area contributed by atoms with E-state index < -0.39 is 5.92 Å². The van der Waals surface area contributed by atoms with Gasteiger partial charge in [0.05, 0.1) is 17.3 Å². The summed E-state index contributed by atoms with van der Waals surface area (Å²) < 4.78 is 23.0. The quantitative estimate of drug-likeness (QED) is 0.237. The molecule has 5 aromatic rings. The molecule has 0 bridgehead atoms. The van der Waals surface area contributed by atoms with E-state index in [1.54, 1.807) is 12.1 Å². The molecule has 0 aliphatic carbocycles. The third-order valence-electron chi connectivity index (χ3n) is 8.68. The number of para-hydroxylation sites is 1. The Balaban J connectivity index is 1.09. The number of ether oxygens (including phenoxy) is 1. The molecule has 3 N–H and O–H groups in total. The Morgan fingerprint density at radius 3 is 2.42 bits per heavy atom. The molecule has 2 aliphatic rings. The average Bonchev–Trinajstić information content (AvgIpc) is 3.44. The second-order valence-corrected chi connectivity index (χ2v) is 11.5. The fraction of sp³-hybridized carbons (Fsp3) is 0.265. The summed E-state index contributed by atoms with van der Waals surface area (Å²) in [5.41, 5.74) is 9.78. The van der Waals surface area contributed by atoms with Gasteiger partial charge in [-0.25, -0.2) is 19.0 Å². The lowest BCUT2D eigenvalue weighted by Crippen LogP contribution is -2.40. The maximum atomic E-state index is 15.1. The van der Waals surface area contributed by atoms with E-state index in [0.717, 1.165) is 24.2 Å².